The van der Waals surface area contributed by atoms with E-state index in [1.165, 1.54) is 18.3 Å². The SMILES string of the molecule is COCCOc1ccc(NC(=O)c2cc(S(=O)(=O)NC3CC3)c(Cl)cc2Cl)cn1. The number of sulfonamides is 1. The fourth-order valence-corrected chi connectivity index (χ4v) is 4.52. The summed E-state index contributed by atoms with van der Waals surface area (Å²) in [5.74, 6) is -0.214. The van der Waals surface area contributed by atoms with Crippen molar-refractivity contribution in [3.8, 4) is 5.88 Å². The second kappa shape index (κ2) is 9.27. The van der Waals surface area contributed by atoms with E-state index in [4.69, 9.17) is 32.7 Å². The predicted octanol–water partition coefficient (Wildman–Crippen LogP) is 3.11. The second-order valence-electron chi connectivity index (χ2n) is 6.34. The number of rotatable bonds is 9. The van der Waals surface area contributed by atoms with Crippen LogP contribution in [0.4, 0.5) is 5.69 Å². The fraction of sp³-hybridized carbons (Fsp3) is 0.333. The smallest absolute Gasteiger partial charge is 0.257 e. The van der Waals surface area contributed by atoms with Gasteiger partial charge in [0.05, 0.1) is 34.1 Å². The first kappa shape index (κ1) is 21.8. The molecule has 1 aromatic heterocycles. The van der Waals surface area contributed by atoms with E-state index < -0.39 is 15.9 Å². The first-order chi connectivity index (χ1) is 13.8. The van der Waals surface area contributed by atoms with Gasteiger partial charge < -0.3 is 14.8 Å². The fourth-order valence-electron chi connectivity index (χ4n) is 2.36. The number of methoxy groups -OCH3 is 1. The van der Waals surface area contributed by atoms with Crippen molar-refractivity contribution in [2.24, 2.45) is 0 Å². The van der Waals surface area contributed by atoms with E-state index in [-0.39, 0.29) is 26.5 Å². The third kappa shape index (κ3) is 5.80. The molecule has 0 unspecified atom stereocenters. The number of nitrogens with zero attached hydrogens (tertiary/aromatic N) is 1. The Morgan fingerprint density at radius 3 is 2.59 bits per heavy atom. The Bertz CT molecular complexity index is 995. The Morgan fingerprint density at radius 2 is 1.97 bits per heavy atom. The molecule has 1 heterocycles. The Balaban J connectivity index is 1.75. The van der Waals surface area contributed by atoms with Gasteiger partial charge in [-0.3, -0.25) is 4.79 Å². The molecule has 0 saturated heterocycles. The molecule has 1 aliphatic carbocycles. The molecule has 1 aromatic carbocycles. The number of benzene rings is 1. The third-order valence-electron chi connectivity index (χ3n) is 3.99. The zero-order valence-electron chi connectivity index (χ0n) is 15.4. The topological polar surface area (TPSA) is 107 Å². The van der Waals surface area contributed by atoms with Gasteiger partial charge in [-0.15, -0.1) is 0 Å². The minimum absolute atomic E-state index is 0.0207. The Morgan fingerprint density at radius 1 is 1.21 bits per heavy atom. The molecular formula is C18H19Cl2N3O5S. The lowest BCUT2D eigenvalue weighted by Gasteiger charge is -2.12. The summed E-state index contributed by atoms with van der Waals surface area (Å²) in [4.78, 5) is 16.5. The lowest BCUT2D eigenvalue weighted by molar-refractivity contribution is 0.102. The number of hydrogen-bond acceptors (Lipinski definition) is 6. The van der Waals surface area contributed by atoms with Crippen molar-refractivity contribution in [3.63, 3.8) is 0 Å². The second-order valence-corrected chi connectivity index (χ2v) is 8.84. The van der Waals surface area contributed by atoms with Gasteiger partial charge in [0.25, 0.3) is 5.91 Å². The first-order valence-corrected chi connectivity index (χ1v) is 10.9. The first-order valence-electron chi connectivity index (χ1n) is 8.70. The molecule has 11 heteroatoms. The van der Waals surface area contributed by atoms with Crippen LogP contribution in [0.2, 0.25) is 10.0 Å². The van der Waals surface area contributed by atoms with E-state index in [0.717, 1.165) is 12.8 Å². The predicted molar refractivity (Wildman–Crippen MR) is 109 cm³/mol. The van der Waals surface area contributed by atoms with Crippen LogP contribution in [-0.4, -0.2) is 45.7 Å². The van der Waals surface area contributed by atoms with E-state index in [1.54, 1.807) is 19.2 Å². The highest BCUT2D eigenvalue weighted by Gasteiger charge is 2.30. The van der Waals surface area contributed by atoms with Crippen molar-refractivity contribution in [2.45, 2.75) is 23.8 Å². The summed E-state index contributed by atoms with van der Waals surface area (Å²) in [6.45, 7) is 0.776. The number of hydrogen-bond donors (Lipinski definition) is 2. The number of aromatic nitrogens is 1. The van der Waals surface area contributed by atoms with Crippen LogP contribution in [0.25, 0.3) is 0 Å². The van der Waals surface area contributed by atoms with Gasteiger partial charge in [-0.1, -0.05) is 23.2 Å². The molecule has 2 N–H and O–H groups in total. The summed E-state index contributed by atoms with van der Waals surface area (Å²) in [6, 6.07) is 5.50. The van der Waals surface area contributed by atoms with E-state index in [1.807, 2.05) is 0 Å². The summed E-state index contributed by atoms with van der Waals surface area (Å²) in [7, 11) is -2.28. The Kier molecular flexibility index (Phi) is 6.97. The maximum absolute atomic E-state index is 12.6. The number of nitrogens with one attached hydrogen (secondary N) is 2. The maximum atomic E-state index is 12.6. The minimum Gasteiger partial charge on any atom is -0.475 e. The molecule has 1 fully saturated rings. The molecule has 0 bridgehead atoms. The van der Waals surface area contributed by atoms with Crippen LogP contribution < -0.4 is 14.8 Å². The van der Waals surface area contributed by atoms with Crippen molar-refractivity contribution in [2.75, 3.05) is 25.6 Å². The van der Waals surface area contributed by atoms with Crippen LogP contribution in [0.3, 0.4) is 0 Å². The number of anilines is 1. The molecular weight excluding hydrogens is 441 g/mol. The molecule has 0 spiro atoms. The van der Waals surface area contributed by atoms with Gasteiger partial charge in [0.2, 0.25) is 15.9 Å². The normalized spacial score (nSPS) is 13.9. The molecule has 8 nitrogen and oxygen atoms in total. The van der Waals surface area contributed by atoms with Gasteiger partial charge >= 0.3 is 0 Å². The largest absolute Gasteiger partial charge is 0.475 e. The van der Waals surface area contributed by atoms with Gasteiger partial charge in [0, 0.05) is 19.2 Å². The molecule has 1 saturated carbocycles. The van der Waals surface area contributed by atoms with Gasteiger partial charge in [-0.2, -0.15) is 0 Å². The average molecular weight is 460 g/mol. The summed E-state index contributed by atoms with van der Waals surface area (Å²) in [5, 5.41) is 2.60. The van der Waals surface area contributed by atoms with Gasteiger partial charge in [-0.05, 0) is 31.0 Å². The molecule has 29 heavy (non-hydrogen) atoms. The van der Waals surface area contributed by atoms with Gasteiger partial charge in [-0.25, -0.2) is 18.1 Å². The van der Waals surface area contributed by atoms with E-state index in [0.29, 0.717) is 24.8 Å². The monoisotopic (exact) mass is 459 g/mol. The number of carbonyl (C=O) groups is 1. The minimum atomic E-state index is -3.85. The Labute approximate surface area is 178 Å². The summed E-state index contributed by atoms with van der Waals surface area (Å²) in [5.41, 5.74) is 0.369. The van der Waals surface area contributed by atoms with E-state index >= 15 is 0 Å². The van der Waals surface area contributed by atoms with E-state index in [2.05, 4.69) is 15.0 Å². The lowest BCUT2D eigenvalue weighted by atomic mass is 10.2. The van der Waals surface area contributed by atoms with Crippen molar-refractivity contribution in [1.82, 2.24) is 9.71 Å². The Hall–Kier alpha value is -1.91. The van der Waals surface area contributed by atoms with Gasteiger partial charge in [0.1, 0.15) is 11.5 Å². The molecule has 0 atom stereocenters. The lowest BCUT2D eigenvalue weighted by Crippen LogP contribution is -2.26. The number of carbonyl (C=O) groups excluding carboxylic acids is 1. The summed E-state index contributed by atoms with van der Waals surface area (Å²) in [6.07, 6.45) is 2.96. The van der Waals surface area contributed by atoms with Crippen LogP contribution >= 0.6 is 23.2 Å². The quantitative estimate of drug-likeness (QED) is 0.557. The summed E-state index contributed by atoms with van der Waals surface area (Å²) >= 11 is 12.2. The number of pyridine rings is 1. The zero-order chi connectivity index (χ0) is 21.0. The maximum Gasteiger partial charge on any atom is 0.257 e. The molecule has 1 amide bonds. The zero-order valence-corrected chi connectivity index (χ0v) is 17.8. The van der Waals surface area contributed by atoms with Crippen LogP contribution in [0, 0.1) is 0 Å². The molecule has 0 aliphatic heterocycles. The molecule has 156 valence electrons. The highest BCUT2D eigenvalue weighted by molar-refractivity contribution is 7.89. The number of halogens is 2. The van der Waals surface area contributed by atoms with Crippen molar-refractivity contribution < 1.29 is 22.7 Å². The number of amides is 1. The standard InChI is InChI=1S/C18H19Cl2N3O5S/c1-27-6-7-28-17-5-4-12(10-21-17)22-18(24)13-8-16(15(20)9-14(13)19)29(25,26)23-11-2-3-11/h4-5,8-11,23H,2-3,6-7H2,1H3,(H,22,24). The van der Waals surface area contributed by atoms with Crippen LogP contribution in [-0.2, 0) is 14.8 Å². The average Bonchev–Trinajstić information content (AvgIpc) is 3.46. The van der Waals surface area contributed by atoms with Crippen molar-refractivity contribution in [1.29, 1.82) is 0 Å². The highest BCUT2D eigenvalue weighted by Crippen LogP contribution is 2.31. The molecule has 1 aliphatic rings. The number of ether oxygens (including phenoxy) is 2. The molecule has 0 radical (unpaired) electrons. The van der Waals surface area contributed by atoms with E-state index in [9.17, 15) is 13.2 Å². The van der Waals surface area contributed by atoms with Crippen LogP contribution in [0.5, 0.6) is 5.88 Å². The third-order valence-corrected chi connectivity index (χ3v) is 6.28. The van der Waals surface area contributed by atoms with Crippen molar-refractivity contribution in [3.05, 3.63) is 46.1 Å². The van der Waals surface area contributed by atoms with Crippen LogP contribution in [0.15, 0.2) is 35.4 Å². The van der Waals surface area contributed by atoms with Gasteiger partial charge in [0.15, 0.2) is 0 Å². The molecule has 3 rings (SSSR count). The van der Waals surface area contributed by atoms with Crippen LogP contribution in [0.1, 0.15) is 23.2 Å². The highest BCUT2D eigenvalue weighted by atomic mass is 35.5. The van der Waals surface area contributed by atoms with Crippen molar-refractivity contribution >= 4 is 44.8 Å². The molecule has 2 aromatic rings. The summed E-state index contributed by atoms with van der Waals surface area (Å²) < 4.78 is 37.8.